The molecule has 0 amide bonds. The average Bonchev–Trinajstić information content (AvgIpc) is 3.31. The molecule has 2 heteroatoms. The topological polar surface area (TPSA) is 25.2 Å². The summed E-state index contributed by atoms with van der Waals surface area (Å²) in [4.78, 5) is 10.9. The van der Waals surface area contributed by atoms with Crippen LogP contribution in [0.4, 0.5) is 5.69 Å². The Morgan fingerprint density at radius 2 is 1.00 bits per heavy atom. The molecule has 1 atom stereocenters. The van der Waals surface area contributed by atoms with Gasteiger partial charge in [0.05, 0.1) is 16.9 Å². The normalized spacial score (nSPS) is 14.8. The molecule has 0 radical (unpaired) electrons. The zero-order chi connectivity index (χ0) is 40.6. The van der Waals surface area contributed by atoms with Gasteiger partial charge in [0, 0.05) is 44.1 Å². The first-order valence-corrected chi connectivity index (χ1v) is 21.2. The second kappa shape index (κ2) is 14.0. The lowest BCUT2D eigenvalue weighted by molar-refractivity contribution is 0.996. The molecule has 10 aromatic carbocycles. The summed E-state index contributed by atoms with van der Waals surface area (Å²) < 4.78 is 0. The van der Waals surface area contributed by atoms with Crippen molar-refractivity contribution < 1.29 is 0 Å². The van der Waals surface area contributed by atoms with Gasteiger partial charge in [0.15, 0.2) is 0 Å². The molecule has 0 aliphatic heterocycles. The van der Waals surface area contributed by atoms with Crippen molar-refractivity contribution in [2.75, 3.05) is 0 Å². The van der Waals surface area contributed by atoms with Crippen LogP contribution in [-0.4, -0.2) is 10.7 Å². The van der Waals surface area contributed by atoms with Crippen LogP contribution in [0, 0.1) is 12.8 Å². The van der Waals surface area contributed by atoms with Crippen LogP contribution in [0.25, 0.3) is 109 Å². The van der Waals surface area contributed by atoms with Crippen molar-refractivity contribution in [3.8, 4) is 33.5 Å². The molecule has 1 aromatic heterocycles. The molecule has 61 heavy (non-hydrogen) atoms. The highest BCUT2D eigenvalue weighted by Gasteiger charge is 2.23. The van der Waals surface area contributed by atoms with Crippen molar-refractivity contribution >= 4 is 86.9 Å². The monoisotopic (exact) mass is 776 g/mol. The molecule has 286 valence electrons. The number of aliphatic imine (C=N–C) groups is 1. The van der Waals surface area contributed by atoms with Crippen molar-refractivity contribution in [2.45, 2.75) is 13.8 Å². The fourth-order valence-electron chi connectivity index (χ4n) is 10.1. The Labute approximate surface area is 354 Å². The van der Waals surface area contributed by atoms with Gasteiger partial charge in [0.25, 0.3) is 0 Å². The smallest absolute Gasteiger partial charge is 0.0794 e. The predicted molar refractivity (Wildman–Crippen MR) is 262 cm³/mol. The van der Waals surface area contributed by atoms with Gasteiger partial charge in [-0.25, -0.2) is 4.98 Å². The van der Waals surface area contributed by atoms with Gasteiger partial charge in [-0.15, -0.1) is 0 Å². The number of benzene rings is 10. The van der Waals surface area contributed by atoms with E-state index in [1.54, 1.807) is 0 Å². The number of aryl methyl sites for hydroxylation is 1. The average molecular weight is 777 g/mol. The van der Waals surface area contributed by atoms with E-state index in [-0.39, 0.29) is 5.92 Å². The summed E-state index contributed by atoms with van der Waals surface area (Å²) in [5.74, 6) is 0.257. The van der Waals surface area contributed by atoms with Gasteiger partial charge in [0.1, 0.15) is 0 Å². The third-order valence-corrected chi connectivity index (χ3v) is 12.9. The molecule has 0 spiro atoms. The summed E-state index contributed by atoms with van der Waals surface area (Å²) in [6.45, 7) is 4.43. The maximum atomic E-state index is 5.59. The van der Waals surface area contributed by atoms with Crippen LogP contribution in [0.15, 0.2) is 205 Å². The maximum Gasteiger partial charge on any atom is 0.0794 e. The summed E-state index contributed by atoms with van der Waals surface area (Å²) in [6.07, 6.45) is 8.56. The number of fused-ring (bicyclic) bond motifs is 10. The van der Waals surface area contributed by atoms with Crippen LogP contribution >= 0.6 is 0 Å². The molecule has 12 rings (SSSR count). The summed E-state index contributed by atoms with van der Waals surface area (Å²) in [6, 6.07) is 64.5. The standard InChI is InChI=1S/C59H40N2/c1-36-18-6-17-31-53(36)60-57-37(2)34-50(42-24-10-16-30-48(42)57)54-44-26-12-14-28-46(44)55(47-29-15-13-27-45(47)54)51-35-52-56(43-25-11-9-23-41(43)51)49-33-32-38-19-7-8-22-40(38)59(49)61-58(52)39-20-4-3-5-21-39/h3-36H,1-2H3/b60-53-. The van der Waals surface area contributed by atoms with Gasteiger partial charge in [-0.3, -0.25) is 4.99 Å². The van der Waals surface area contributed by atoms with E-state index in [0.717, 1.165) is 39.1 Å². The van der Waals surface area contributed by atoms with Gasteiger partial charge < -0.3 is 0 Å². The highest BCUT2D eigenvalue weighted by atomic mass is 14.8. The van der Waals surface area contributed by atoms with E-state index >= 15 is 0 Å². The van der Waals surface area contributed by atoms with E-state index in [4.69, 9.17) is 9.98 Å². The second-order valence-electron chi connectivity index (χ2n) is 16.4. The van der Waals surface area contributed by atoms with Gasteiger partial charge in [0.2, 0.25) is 0 Å². The molecule has 1 aliphatic rings. The van der Waals surface area contributed by atoms with Crippen LogP contribution < -0.4 is 0 Å². The zero-order valence-corrected chi connectivity index (χ0v) is 34.0. The Morgan fingerprint density at radius 3 is 1.66 bits per heavy atom. The lowest BCUT2D eigenvalue weighted by Gasteiger charge is -2.22. The molecule has 1 aliphatic carbocycles. The molecule has 11 aromatic rings. The number of hydrogen-bond donors (Lipinski definition) is 0. The summed E-state index contributed by atoms with van der Waals surface area (Å²) in [7, 11) is 0. The van der Waals surface area contributed by atoms with Crippen molar-refractivity contribution in [3.05, 3.63) is 206 Å². The SMILES string of the molecule is Cc1cc(-c2c3ccccc3c(-c3cc4c(-c5ccccc5)nc5c6ccccc6ccc5c4c4ccccc34)c3ccccc23)c2ccccc2c1/N=C1/C=CC=CC1C. The molecule has 0 saturated heterocycles. The molecule has 2 nitrogen and oxygen atoms in total. The summed E-state index contributed by atoms with van der Waals surface area (Å²) in [5.41, 5.74) is 11.3. The Kier molecular flexibility index (Phi) is 8.08. The molecule has 0 saturated carbocycles. The number of nitrogens with zero attached hydrogens (tertiary/aromatic N) is 2. The Morgan fingerprint density at radius 1 is 0.459 bits per heavy atom. The van der Waals surface area contributed by atoms with Crippen molar-refractivity contribution in [3.63, 3.8) is 0 Å². The molecule has 1 heterocycles. The predicted octanol–water partition coefficient (Wildman–Crippen LogP) is 16.3. The van der Waals surface area contributed by atoms with E-state index < -0.39 is 0 Å². The lowest BCUT2D eigenvalue weighted by atomic mass is 9.82. The van der Waals surface area contributed by atoms with Crippen molar-refractivity contribution in [2.24, 2.45) is 10.9 Å². The Hall–Kier alpha value is -7.68. The minimum absolute atomic E-state index is 0.257. The van der Waals surface area contributed by atoms with Crippen LogP contribution in [0.1, 0.15) is 12.5 Å². The van der Waals surface area contributed by atoms with Crippen molar-refractivity contribution in [1.82, 2.24) is 4.98 Å². The Bertz CT molecular complexity index is 3660. The molecule has 0 bridgehead atoms. The zero-order valence-electron chi connectivity index (χ0n) is 34.0. The summed E-state index contributed by atoms with van der Waals surface area (Å²) >= 11 is 0. The van der Waals surface area contributed by atoms with Crippen LogP contribution in [0.5, 0.6) is 0 Å². The molecular formula is C59H40N2. The third kappa shape index (κ3) is 5.49. The number of allylic oxidation sites excluding steroid dienone is 4. The Balaban J connectivity index is 1.20. The second-order valence-corrected chi connectivity index (χ2v) is 16.4. The molecule has 1 unspecified atom stereocenters. The molecular weight excluding hydrogens is 737 g/mol. The van der Waals surface area contributed by atoms with E-state index in [0.29, 0.717) is 0 Å². The number of pyridine rings is 1. The highest BCUT2D eigenvalue weighted by Crippen LogP contribution is 2.50. The van der Waals surface area contributed by atoms with Crippen LogP contribution in [-0.2, 0) is 0 Å². The first-order chi connectivity index (χ1) is 30.1. The first kappa shape index (κ1) is 35.3. The molecule has 0 N–H and O–H groups in total. The summed E-state index contributed by atoms with van der Waals surface area (Å²) in [5, 5.41) is 15.6. The number of rotatable bonds is 4. The van der Waals surface area contributed by atoms with Gasteiger partial charge in [-0.05, 0) is 96.0 Å². The lowest BCUT2D eigenvalue weighted by Crippen LogP contribution is -2.07. The maximum absolute atomic E-state index is 5.59. The highest BCUT2D eigenvalue weighted by molar-refractivity contribution is 6.31. The largest absolute Gasteiger partial charge is 0.252 e. The van der Waals surface area contributed by atoms with E-state index in [1.807, 2.05) is 0 Å². The fourth-order valence-corrected chi connectivity index (χ4v) is 10.1. The van der Waals surface area contributed by atoms with Crippen LogP contribution in [0.2, 0.25) is 0 Å². The van der Waals surface area contributed by atoms with Crippen LogP contribution in [0.3, 0.4) is 0 Å². The number of aromatic nitrogens is 1. The van der Waals surface area contributed by atoms with E-state index in [1.165, 1.54) is 86.9 Å². The van der Waals surface area contributed by atoms with Gasteiger partial charge in [-0.2, -0.15) is 0 Å². The first-order valence-electron chi connectivity index (χ1n) is 21.2. The van der Waals surface area contributed by atoms with Gasteiger partial charge in [-0.1, -0.05) is 189 Å². The third-order valence-electron chi connectivity index (χ3n) is 12.9. The minimum Gasteiger partial charge on any atom is -0.252 e. The fraction of sp³-hybridized carbons (Fsp3) is 0.0508. The van der Waals surface area contributed by atoms with Crippen molar-refractivity contribution in [1.29, 1.82) is 0 Å². The van der Waals surface area contributed by atoms with E-state index in [9.17, 15) is 0 Å². The van der Waals surface area contributed by atoms with Gasteiger partial charge >= 0.3 is 0 Å². The quantitative estimate of drug-likeness (QED) is 0.129. The minimum atomic E-state index is 0.257. The number of hydrogen-bond acceptors (Lipinski definition) is 2. The molecule has 0 fully saturated rings. The van der Waals surface area contributed by atoms with E-state index in [2.05, 4.69) is 214 Å².